The Bertz CT molecular complexity index is 776. The molecule has 2 aliphatic rings. The minimum Gasteiger partial charge on any atom is -0.454 e. The van der Waals surface area contributed by atoms with E-state index < -0.39 is 36.9 Å². The van der Waals surface area contributed by atoms with E-state index in [1.807, 2.05) is 0 Å². The van der Waals surface area contributed by atoms with Crippen LogP contribution in [0.25, 0.3) is 0 Å². The Hall–Kier alpha value is -1.45. The molecule has 1 aliphatic carbocycles. The number of halogens is 3. The molecule has 1 saturated heterocycles. The van der Waals surface area contributed by atoms with Gasteiger partial charge in [-0.3, -0.25) is 24.1 Å². The van der Waals surface area contributed by atoms with E-state index in [1.165, 1.54) is 0 Å². The van der Waals surface area contributed by atoms with Crippen LogP contribution in [0, 0.1) is 11.8 Å². The number of rotatable bonds is 5. The maximum atomic E-state index is 12.5. The number of imide groups is 1. The predicted molar refractivity (Wildman–Crippen MR) is 109 cm³/mol. The van der Waals surface area contributed by atoms with Crippen molar-refractivity contribution in [3.05, 3.63) is 29.3 Å². The quantitative estimate of drug-likeness (QED) is 0.355. The molecule has 1 heterocycles. The van der Waals surface area contributed by atoms with Crippen molar-refractivity contribution in [1.29, 1.82) is 0 Å². The molecule has 7 nitrogen and oxygen atoms in total. The van der Waals surface area contributed by atoms with E-state index in [0.29, 0.717) is 23.6 Å². The second-order valence-corrected chi connectivity index (χ2v) is 9.48. The first-order valence-electron chi connectivity index (χ1n) is 8.60. The number of nitrogens with zero attached hydrogens (tertiary/aromatic N) is 1. The molecule has 0 aromatic heterocycles. The molecule has 1 aromatic rings. The summed E-state index contributed by atoms with van der Waals surface area (Å²) in [6, 6.07) is 6.45. The van der Waals surface area contributed by atoms with E-state index in [-0.39, 0.29) is 21.5 Å². The topological polar surface area (TPSA) is 92.8 Å². The van der Waals surface area contributed by atoms with Crippen molar-refractivity contribution in [2.75, 3.05) is 18.5 Å². The van der Waals surface area contributed by atoms with Crippen LogP contribution in [-0.4, -0.2) is 51.4 Å². The fraction of sp³-hybridized carbons (Fsp3) is 0.444. The van der Waals surface area contributed by atoms with E-state index in [4.69, 9.17) is 16.3 Å². The molecule has 1 aliphatic heterocycles. The monoisotopic (exact) mass is 534 g/mol. The van der Waals surface area contributed by atoms with Gasteiger partial charge in [0.15, 0.2) is 6.61 Å². The molecule has 2 fully saturated rings. The number of esters is 1. The molecule has 3 rings (SSSR count). The van der Waals surface area contributed by atoms with Gasteiger partial charge in [-0.1, -0.05) is 43.5 Å². The number of ether oxygens (including phenoxy) is 1. The lowest BCUT2D eigenvalue weighted by Crippen LogP contribution is -2.37. The second-order valence-electron chi connectivity index (χ2n) is 6.69. The number of hydrogen-bond acceptors (Lipinski definition) is 5. The molecule has 0 spiro atoms. The molecule has 1 aromatic carbocycles. The summed E-state index contributed by atoms with van der Waals surface area (Å²) in [6.07, 6.45) is 1.06. The number of carbonyl (C=O) groups excluding carboxylic acids is 4. The van der Waals surface area contributed by atoms with Crippen LogP contribution in [0.2, 0.25) is 5.02 Å². The van der Waals surface area contributed by atoms with Gasteiger partial charge in [-0.25, -0.2) is 0 Å². The molecule has 3 amide bonds. The Labute approximate surface area is 183 Å². The van der Waals surface area contributed by atoms with Crippen molar-refractivity contribution in [1.82, 2.24) is 4.90 Å². The summed E-state index contributed by atoms with van der Waals surface area (Å²) in [5.41, 5.74) is 0.507. The first-order valence-corrected chi connectivity index (χ1v) is 10.8. The summed E-state index contributed by atoms with van der Waals surface area (Å²) in [4.78, 5) is 50.1. The van der Waals surface area contributed by atoms with Gasteiger partial charge in [-0.2, -0.15) is 0 Å². The summed E-state index contributed by atoms with van der Waals surface area (Å²) in [5, 5.41) is 3.08. The highest BCUT2D eigenvalue weighted by Gasteiger charge is 2.52. The number of carbonyl (C=O) groups is 4. The average molecular weight is 537 g/mol. The van der Waals surface area contributed by atoms with Crippen molar-refractivity contribution < 1.29 is 23.9 Å². The lowest BCUT2D eigenvalue weighted by Gasteiger charge is -2.29. The Morgan fingerprint density at radius 1 is 1.07 bits per heavy atom. The number of alkyl halides is 2. The number of fused-ring (bicyclic) bond motifs is 1. The highest BCUT2D eigenvalue weighted by molar-refractivity contribution is 9.12. The first kappa shape index (κ1) is 21.3. The minimum atomic E-state index is -0.808. The fourth-order valence-corrected chi connectivity index (χ4v) is 4.73. The molecule has 0 bridgehead atoms. The molecule has 4 atom stereocenters. The van der Waals surface area contributed by atoms with Crippen molar-refractivity contribution in [3.8, 4) is 0 Å². The van der Waals surface area contributed by atoms with Crippen LogP contribution in [0.3, 0.4) is 0 Å². The third-order valence-corrected chi connectivity index (χ3v) is 7.77. The molecular formula is C18H17Br2ClN2O5. The van der Waals surface area contributed by atoms with Crippen LogP contribution in [0.1, 0.15) is 12.8 Å². The van der Waals surface area contributed by atoms with E-state index in [0.717, 1.165) is 4.90 Å². The normalized spacial score (nSPS) is 26.8. The number of anilines is 1. The van der Waals surface area contributed by atoms with E-state index in [1.54, 1.807) is 24.3 Å². The molecule has 1 N–H and O–H groups in total. The summed E-state index contributed by atoms with van der Waals surface area (Å²) in [6.45, 7) is -1.00. The maximum absolute atomic E-state index is 12.5. The zero-order valence-corrected chi connectivity index (χ0v) is 18.5. The number of likely N-dealkylation sites (tertiary alicyclic amines) is 1. The minimum absolute atomic E-state index is 0.0916. The fourth-order valence-electron chi connectivity index (χ4n) is 3.37. The number of nitrogens with one attached hydrogen (secondary N) is 1. The van der Waals surface area contributed by atoms with Gasteiger partial charge in [0.1, 0.15) is 6.54 Å². The number of amides is 3. The first-order chi connectivity index (χ1) is 13.3. The Kier molecular flexibility index (Phi) is 6.77. The van der Waals surface area contributed by atoms with Gasteiger partial charge in [0.05, 0.1) is 11.8 Å². The van der Waals surface area contributed by atoms with Gasteiger partial charge < -0.3 is 10.1 Å². The highest BCUT2D eigenvalue weighted by atomic mass is 79.9. The zero-order chi connectivity index (χ0) is 20.4. The van der Waals surface area contributed by atoms with Gasteiger partial charge in [0, 0.05) is 20.4 Å². The molecule has 0 radical (unpaired) electrons. The summed E-state index contributed by atoms with van der Waals surface area (Å²) >= 11 is 12.8. The second kappa shape index (κ2) is 8.92. The molecule has 0 unspecified atom stereocenters. The third-order valence-electron chi connectivity index (χ3n) is 4.78. The third kappa shape index (κ3) is 4.75. The predicted octanol–water partition coefficient (Wildman–Crippen LogP) is 2.74. The van der Waals surface area contributed by atoms with Gasteiger partial charge in [0.2, 0.25) is 11.8 Å². The maximum Gasteiger partial charge on any atom is 0.326 e. The van der Waals surface area contributed by atoms with Crippen LogP contribution in [0.4, 0.5) is 5.69 Å². The highest BCUT2D eigenvalue weighted by Crippen LogP contribution is 2.43. The standard InChI is InChI=1S/C18H17Br2ClN2O5/c19-13-5-11-12(6-14(13)20)18(27)23(17(11)26)7-16(25)28-8-15(24)22-10-3-1-9(21)2-4-10/h1-4,11-14H,5-8H2,(H,22,24)/t11-,12-,13-,14+/m1/s1. The lowest BCUT2D eigenvalue weighted by atomic mass is 9.81. The van der Waals surface area contributed by atoms with Gasteiger partial charge >= 0.3 is 5.97 Å². The number of benzene rings is 1. The van der Waals surface area contributed by atoms with Gasteiger partial charge in [0.25, 0.3) is 5.91 Å². The summed E-state index contributed by atoms with van der Waals surface area (Å²) in [5.74, 6) is -2.91. The van der Waals surface area contributed by atoms with E-state index in [2.05, 4.69) is 37.2 Å². The summed E-state index contributed by atoms with van der Waals surface area (Å²) in [7, 11) is 0. The molecule has 1 saturated carbocycles. The van der Waals surface area contributed by atoms with Crippen molar-refractivity contribution in [2.45, 2.75) is 22.5 Å². The molecule has 10 heteroatoms. The largest absolute Gasteiger partial charge is 0.454 e. The summed E-state index contributed by atoms with van der Waals surface area (Å²) < 4.78 is 4.91. The van der Waals surface area contributed by atoms with Crippen LogP contribution < -0.4 is 5.32 Å². The Morgan fingerprint density at radius 2 is 1.61 bits per heavy atom. The van der Waals surface area contributed by atoms with Crippen molar-refractivity contribution >= 4 is 72.8 Å². The SMILES string of the molecule is O=C(COC(=O)CN1C(=O)[C@@H]2C[C@@H](Br)[C@@H](Br)C[C@H]2C1=O)Nc1ccc(Cl)cc1. The average Bonchev–Trinajstić information content (AvgIpc) is 2.87. The molecule has 150 valence electrons. The smallest absolute Gasteiger partial charge is 0.326 e. The lowest BCUT2D eigenvalue weighted by molar-refractivity contribution is -0.154. The van der Waals surface area contributed by atoms with Crippen LogP contribution >= 0.6 is 43.5 Å². The van der Waals surface area contributed by atoms with Crippen molar-refractivity contribution in [2.24, 2.45) is 11.8 Å². The van der Waals surface area contributed by atoms with Gasteiger partial charge in [-0.15, -0.1) is 0 Å². The van der Waals surface area contributed by atoms with Crippen LogP contribution in [0.5, 0.6) is 0 Å². The molecular weight excluding hydrogens is 519 g/mol. The van der Waals surface area contributed by atoms with Crippen LogP contribution in [0.15, 0.2) is 24.3 Å². The Morgan fingerprint density at radius 3 is 2.14 bits per heavy atom. The zero-order valence-electron chi connectivity index (χ0n) is 14.6. The van der Waals surface area contributed by atoms with Crippen molar-refractivity contribution in [3.63, 3.8) is 0 Å². The van der Waals surface area contributed by atoms with Crippen LogP contribution in [-0.2, 0) is 23.9 Å². The van der Waals surface area contributed by atoms with Gasteiger partial charge in [-0.05, 0) is 37.1 Å². The van der Waals surface area contributed by atoms with E-state index >= 15 is 0 Å². The Balaban J connectivity index is 1.50. The molecule has 28 heavy (non-hydrogen) atoms. The van der Waals surface area contributed by atoms with E-state index in [9.17, 15) is 19.2 Å². The number of hydrogen-bond donors (Lipinski definition) is 1.